The molecule has 0 amide bonds. The molecule has 0 saturated heterocycles. The van der Waals surface area contributed by atoms with Gasteiger partial charge in [0.05, 0.1) is 11.2 Å². The minimum atomic E-state index is -0.601. The summed E-state index contributed by atoms with van der Waals surface area (Å²) in [5.41, 5.74) is 5.75. The lowest BCUT2D eigenvalue weighted by molar-refractivity contribution is 0.215. The number of hydrogen-bond acceptors (Lipinski definition) is 3. The molecule has 0 bridgehead atoms. The molecule has 3 heteroatoms. The number of benzene rings is 1. The molecule has 1 aromatic carbocycles. The molecule has 0 saturated carbocycles. The van der Waals surface area contributed by atoms with Crippen LogP contribution in [-0.2, 0) is 0 Å². The molecule has 0 radical (unpaired) electrons. The average Bonchev–Trinajstić information content (AvgIpc) is 2.74. The highest BCUT2D eigenvalue weighted by Gasteiger charge is 2.14. The molecule has 1 atom stereocenters. The van der Waals surface area contributed by atoms with Crippen molar-refractivity contribution in [1.82, 2.24) is 4.98 Å². The van der Waals surface area contributed by atoms with E-state index in [1.165, 1.54) is 16.9 Å². The molecule has 0 aliphatic heterocycles. The number of thiazole rings is 1. The third-order valence-corrected chi connectivity index (χ3v) is 3.28. The summed E-state index contributed by atoms with van der Waals surface area (Å²) in [6.07, 6.45) is -0.601. The number of aromatic nitrogens is 1. The maximum atomic E-state index is 10.1. The molecule has 2 nitrogen and oxygen atoms in total. The molecule has 0 spiro atoms. The predicted molar refractivity (Wildman–Crippen MR) is 62.1 cm³/mol. The lowest BCUT2D eigenvalue weighted by Gasteiger charge is -2.13. The van der Waals surface area contributed by atoms with E-state index in [0.717, 1.165) is 16.8 Å². The highest BCUT2D eigenvalue weighted by Crippen LogP contribution is 2.25. The Balaban J connectivity index is 2.42. The smallest absolute Gasteiger partial charge is 0.122 e. The Morgan fingerprint density at radius 3 is 2.80 bits per heavy atom. The zero-order valence-electron chi connectivity index (χ0n) is 8.77. The van der Waals surface area contributed by atoms with Crippen molar-refractivity contribution < 1.29 is 5.11 Å². The maximum Gasteiger partial charge on any atom is 0.122 e. The van der Waals surface area contributed by atoms with E-state index in [1.807, 2.05) is 37.4 Å². The fourth-order valence-electron chi connectivity index (χ4n) is 1.59. The molecule has 2 rings (SSSR count). The lowest BCUT2D eigenvalue weighted by Crippen LogP contribution is -2.03. The van der Waals surface area contributed by atoms with Gasteiger partial charge in [-0.25, -0.2) is 4.98 Å². The van der Waals surface area contributed by atoms with Crippen LogP contribution in [0.25, 0.3) is 0 Å². The van der Waals surface area contributed by atoms with Gasteiger partial charge in [0.15, 0.2) is 0 Å². The number of aryl methyl sites for hydroxylation is 1. The molecule has 0 aliphatic carbocycles. The highest BCUT2D eigenvalue weighted by atomic mass is 32.1. The molecule has 1 heterocycles. The van der Waals surface area contributed by atoms with Crippen LogP contribution in [-0.4, -0.2) is 10.1 Å². The topological polar surface area (TPSA) is 33.1 Å². The summed E-state index contributed by atoms with van der Waals surface area (Å²) in [5.74, 6) is 0. The fourth-order valence-corrected chi connectivity index (χ4v) is 2.16. The van der Waals surface area contributed by atoms with Crippen molar-refractivity contribution >= 4 is 11.3 Å². The molecule has 78 valence electrons. The molecule has 1 unspecified atom stereocenters. The summed E-state index contributed by atoms with van der Waals surface area (Å²) in [6, 6.07) is 5.96. The molecule has 0 fully saturated rings. The highest BCUT2D eigenvalue weighted by molar-refractivity contribution is 7.07. The van der Waals surface area contributed by atoms with Crippen LogP contribution in [0.3, 0.4) is 0 Å². The van der Waals surface area contributed by atoms with Gasteiger partial charge in [-0.3, -0.25) is 0 Å². The Morgan fingerprint density at radius 1 is 1.33 bits per heavy atom. The SMILES string of the molecule is Cc1cccc(C(O)c2cscn2)c1C. The standard InChI is InChI=1S/C12H13NOS/c1-8-4-3-5-10(9(8)2)12(14)11-6-15-7-13-11/h3-7,12,14H,1-2H3. The Morgan fingerprint density at radius 2 is 2.13 bits per heavy atom. The van der Waals surface area contributed by atoms with Crippen LogP contribution in [0, 0.1) is 13.8 Å². The van der Waals surface area contributed by atoms with E-state index < -0.39 is 6.10 Å². The Hall–Kier alpha value is -1.19. The first-order valence-corrected chi connectivity index (χ1v) is 5.76. The van der Waals surface area contributed by atoms with Gasteiger partial charge in [-0.15, -0.1) is 11.3 Å². The van der Waals surface area contributed by atoms with Gasteiger partial charge in [-0.2, -0.15) is 0 Å². The molecule has 15 heavy (non-hydrogen) atoms. The van der Waals surface area contributed by atoms with Gasteiger partial charge in [0.2, 0.25) is 0 Å². The van der Waals surface area contributed by atoms with Gasteiger partial charge < -0.3 is 5.11 Å². The number of nitrogens with zero attached hydrogens (tertiary/aromatic N) is 1. The van der Waals surface area contributed by atoms with Crippen LogP contribution in [0.2, 0.25) is 0 Å². The quantitative estimate of drug-likeness (QED) is 0.842. The molecular weight excluding hydrogens is 206 g/mol. The van der Waals surface area contributed by atoms with E-state index in [4.69, 9.17) is 0 Å². The number of aliphatic hydroxyl groups is 1. The normalized spacial score (nSPS) is 12.7. The first-order chi connectivity index (χ1) is 7.20. The fraction of sp³-hybridized carbons (Fsp3) is 0.250. The van der Waals surface area contributed by atoms with E-state index >= 15 is 0 Å². The van der Waals surface area contributed by atoms with Gasteiger partial charge in [0.25, 0.3) is 0 Å². The third-order valence-electron chi connectivity index (χ3n) is 2.67. The van der Waals surface area contributed by atoms with Crippen molar-refractivity contribution in [3.63, 3.8) is 0 Å². The summed E-state index contributed by atoms with van der Waals surface area (Å²) in [6.45, 7) is 4.08. The lowest BCUT2D eigenvalue weighted by atomic mass is 9.98. The summed E-state index contributed by atoms with van der Waals surface area (Å²) in [4.78, 5) is 4.13. The third kappa shape index (κ3) is 1.94. The van der Waals surface area contributed by atoms with Gasteiger partial charge >= 0.3 is 0 Å². The summed E-state index contributed by atoms with van der Waals surface area (Å²) in [5, 5.41) is 12.0. The summed E-state index contributed by atoms with van der Waals surface area (Å²) < 4.78 is 0. The van der Waals surface area contributed by atoms with Crippen molar-refractivity contribution in [1.29, 1.82) is 0 Å². The summed E-state index contributed by atoms with van der Waals surface area (Å²) in [7, 11) is 0. The van der Waals surface area contributed by atoms with E-state index in [-0.39, 0.29) is 0 Å². The summed E-state index contributed by atoms with van der Waals surface area (Å²) >= 11 is 1.50. The minimum Gasteiger partial charge on any atom is -0.382 e. The van der Waals surface area contributed by atoms with E-state index in [1.54, 1.807) is 5.51 Å². The van der Waals surface area contributed by atoms with Crippen LogP contribution in [0.4, 0.5) is 0 Å². The second-order valence-electron chi connectivity index (χ2n) is 3.60. The van der Waals surface area contributed by atoms with E-state index in [9.17, 15) is 5.11 Å². The van der Waals surface area contributed by atoms with E-state index in [2.05, 4.69) is 4.98 Å². The van der Waals surface area contributed by atoms with Crippen LogP contribution >= 0.6 is 11.3 Å². The van der Waals surface area contributed by atoms with Crippen molar-refractivity contribution in [2.45, 2.75) is 20.0 Å². The molecule has 1 N–H and O–H groups in total. The van der Waals surface area contributed by atoms with Crippen molar-refractivity contribution in [2.24, 2.45) is 0 Å². The van der Waals surface area contributed by atoms with Crippen LogP contribution < -0.4 is 0 Å². The first kappa shape index (κ1) is 10.3. The Labute approximate surface area is 93.2 Å². The monoisotopic (exact) mass is 219 g/mol. The van der Waals surface area contributed by atoms with Crippen molar-refractivity contribution in [3.8, 4) is 0 Å². The Kier molecular flexibility index (Phi) is 2.84. The van der Waals surface area contributed by atoms with Gasteiger partial charge in [-0.05, 0) is 30.5 Å². The minimum absolute atomic E-state index is 0.601. The molecular formula is C12H13NOS. The number of hydrogen-bond donors (Lipinski definition) is 1. The van der Waals surface area contributed by atoms with Crippen LogP contribution in [0.5, 0.6) is 0 Å². The van der Waals surface area contributed by atoms with Gasteiger partial charge in [-0.1, -0.05) is 18.2 Å². The molecule has 0 aliphatic rings. The van der Waals surface area contributed by atoms with Crippen LogP contribution in [0.15, 0.2) is 29.1 Å². The first-order valence-electron chi connectivity index (χ1n) is 4.82. The number of aliphatic hydroxyl groups excluding tert-OH is 1. The maximum absolute atomic E-state index is 10.1. The molecule has 2 aromatic rings. The van der Waals surface area contributed by atoms with Crippen molar-refractivity contribution in [3.05, 3.63) is 51.5 Å². The zero-order valence-corrected chi connectivity index (χ0v) is 9.58. The Bertz CT molecular complexity index is 451. The largest absolute Gasteiger partial charge is 0.382 e. The molecule has 1 aromatic heterocycles. The predicted octanol–water partition coefficient (Wildman–Crippen LogP) is 2.84. The zero-order chi connectivity index (χ0) is 10.8. The van der Waals surface area contributed by atoms with Crippen LogP contribution in [0.1, 0.15) is 28.5 Å². The second kappa shape index (κ2) is 4.13. The van der Waals surface area contributed by atoms with Gasteiger partial charge in [0, 0.05) is 5.38 Å². The average molecular weight is 219 g/mol. The number of rotatable bonds is 2. The van der Waals surface area contributed by atoms with Crippen molar-refractivity contribution in [2.75, 3.05) is 0 Å². The second-order valence-corrected chi connectivity index (χ2v) is 4.32. The van der Waals surface area contributed by atoms with Gasteiger partial charge in [0.1, 0.15) is 6.10 Å². The van der Waals surface area contributed by atoms with E-state index in [0.29, 0.717) is 0 Å².